The molecule has 1 N–H and O–H groups in total. The Morgan fingerprint density at radius 2 is 1.79 bits per heavy atom. The van der Waals surface area contributed by atoms with Crippen LogP contribution in [0.1, 0.15) is 81.2 Å². The van der Waals surface area contributed by atoms with Crippen molar-refractivity contribution in [3.63, 3.8) is 0 Å². The second-order valence-corrected chi connectivity index (χ2v) is 10.1. The Morgan fingerprint density at radius 1 is 1.09 bits per heavy atom. The molecular weight excluding hydrogens is 424 g/mol. The summed E-state index contributed by atoms with van der Waals surface area (Å²) in [6, 6.07) is 14.6. The molecule has 0 spiro atoms. The van der Waals surface area contributed by atoms with E-state index in [1.807, 2.05) is 26.8 Å². The number of aryl methyl sites for hydroxylation is 1. The van der Waals surface area contributed by atoms with E-state index < -0.39 is 6.10 Å². The van der Waals surface area contributed by atoms with E-state index in [0.29, 0.717) is 12.2 Å². The molecule has 1 aliphatic carbocycles. The van der Waals surface area contributed by atoms with Crippen molar-refractivity contribution >= 4 is 11.8 Å². The van der Waals surface area contributed by atoms with Gasteiger partial charge in [0.05, 0.1) is 6.04 Å². The third-order valence-corrected chi connectivity index (χ3v) is 7.10. The highest BCUT2D eigenvalue weighted by Crippen LogP contribution is 2.40. The van der Waals surface area contributed by atoms with E-state index >= 15 is 0 Å². The fourth-order valence-electron chi connectivity index (χ4n) is 5.28. The number of carbonyl (C=O) groups excluding carboxylic acids is 2. The maximum atomic E-state index is 13.6. The Labute approximate surface area is 203 Å². The topological polar surface area (TPSA) is 58.6 Å². The quantitative estimate of drug-likeness (QED) is 0.604. The molecule has 1 heterocycles. The third-order valence-electron chi connectivity index (χ3n) is 7.10. The molecule has 182 valence electrons. The molecule has 1 aliphatic heterocycles. The van der Waals surface area contributed by atoms with Gasteiger partial charge in [0.15, 0.2) is 6.10 Å². The highest BCUT2D eigenvalue weighted by atomic mass is 16.5. The lowest BCUT2D eigenvalue weighted by molar-refractivity contribution is -0.137. The van der Waals surface area contributed by atoms with Crippen molar-refractivity contribution in [2.75, 3.05) is 6.54 Å². The first-order valence-electron chi connectivity index (χ1n) is 12.8. The van der Waals surface area contributed by atoms with Crippen LogP contribution in [-0.4, -0.2) is 35.4 Å². The number of carbonyl (C=O) groups is 2. The molecule has 2 amide bonds. The number of amides is 2. The van der Waals surface area contributed by atoms with Gasteiger partial charge in [0.1, 0.15) is 5.75 Å². The number of nitrogens with one attached hydrogen (secondary N) is 1. The number of fused-ring (bicyclic) bond motifs is 1. The lowest BCUT2D eigenvalue weighted by Gasteiger charge is -2.39. The van der Waals surface area contributed by atoms with Gasteiger partial charge in [0, 0.05) is 18.5 Å². The smallest absolute Gasteiger partial charge is 0.261 e. The lowest BCUT2D eigenvalue weighted by atomic mass is 9.86. The van der Waals surface area contributed by atoms with Crippen molar-refractivity contribution in [3.05, 3.63) is 64.7 Å². The zero-order chi connectivity index (χ0) is 24.2. The first-order valence-corrected chi connectivity index (χ1v) is 12.8. The number of benzene rings is 2. The van der Waals surface area contributed by atoms with Crippen LogP contribution in [0, 0.1) is 12.8 Å². The predicted octanol–water partition coefficient (Wildman–Crippen LogP) is 5.34. The average molecular weight is 463 g/mol. The van der Waals surface area contributed by atoms with E-state index in [0.717, 1.165) is 49.8 Å². The molecule has 1 saturated carbocycles. The molecule has 34 heavy (non-hydrogen) atoms. The number of rotatable bonds is 7. The number of nitrogens with zero attached hydrogens (tertiary/aromatic N) is 1. The van der Waals surface area contributed by atoms with Crippen molar-refractivity contribution in [1.82, 2.24) is 10.2 Å². The van der Waals surface area contributed by atoms with Crippen LogP contribution in [0.2, 0.25) is 0 Å². The molecule has 1 fully saturated rings. The molecule has 0 aromatic heterocycles. The van der Waals surface area contributed by atoms with Crippen LogP contribution in [0.3, 0.4) is 0 Å². The van der Waals surface area contributed by atoms with Crippen LogP contribution in [-0.2, 0) is 16.0 Å². The van der Waals surface area contributed by atoms with Crippen molar-refractivity contribution in [3.8, 4) is 5.75 Å². The molecule has 2 aliphatic rings. The molecule has 0 unspecified atom stereocenters. The normalized spacial score (nSPS) is 19.1. The highest BCUT2D eigenvalue weighted by molar-refractivity contribution is 5.81. The van der Waals surface area contributed by atoms with E-state index in [4.69, 9.17) is 4.74 Å². The third kappa shape index (κ3) is 5.29. The molecule has 5 nitrogen and oxygen atoms in total. The van der Waals surface area contributed by atoms with Gasteiger partial charge in [-0.15, -0.1) is 0 Å². The van der Waals surface area contributed by atoms with E-state index in [1.165, 1.54) is 11.1 Å². The largest absolute Gasteiger partial charge is 0.481 e. The monoisotopic (exact) mass is 462 g/mol. The zero-order valence-corrected chi connectivity index (χ0v) is 21.0. The molecule has 2 atom stereocenters. The second kappa shape index (κ2) is 10.6. The standard InChI is InChI=1S/C29H38N2O3/c1-5-26(28(32)30-19(2)3)34-24-15-14-21-16-17-31(29(33)23-8-6-7-9-23)27(25(21)18-24)22-12-10-20(4)11-13-22/h10-15,18-19,23,26-27H,5-9,16-17H2,1-4H3,(H,30,32)/t26-,27+/m0/s1. The summed E-state index contributed by atoms with van der Waals surface area (Å²) in [6.07, 6.45) is 5.16. The minimum absolute atomic E-state index is 0.0646. The van der Waals surface area contributed by atoms with Crippen molar-refractivity contribution < 1.29 is 14.3 Å². The van der Waals surface area contributed by atoms with E-state index in [-0.39, 0.29) is 29.8 Å². The molecule has 2 aromatic rings. The minimum Gasteiger partial charge on any atom is -0.481 e. The Hall–Kier alpha value is -2.82. The first kappa shape index (κ1) is 24.3. The Bertz CT molecular complexity index is 1010. The van der Waals surface area contributed by atoms with Gasteiger partial charge in [-0.3, -0.25) is 9.59 Å². The molecule has 5 heteroatoms. The van der Waals surface area contributed by atoms with Crippen LogP contribution in [0.25, 0.3) is 0 Å². The van der Waals surface area contributed by atoms with Gasteiger partial charge in [-0.25, -0.2) is 0 Å². The number of ether oxygens (including phenoxy) is 1. The first-order chi connectivity index (χ1) is 16.4. The Kier molecular flexibility index (Phi) is 7.60. The molecule has 0 bridgehead atoms. The summed E-state index contributed by atoms with van der Waals surface area (Å²) in [6.45, 7) is 8.67. The molecule has 0 saturated heterocycles. The Balaban J connectivity index is 1.68. The van der Waals surface area contributed by atoms with Gasteiger partial charge in [-0.1, -0.05) is 55.7 Å². The number of hydrogen-bond acceptors (Lipinski definition) is 3. The summed E-state index contributed by atoms with van der Waals surface area (Å²) in [4.78, 5) is 28.3. The van der Waals surface area contributed by atoms with E-state index in [9.17, 15) is 9.59 Å². The molecule has 4 rings (SSSR count). The van der Waals surface area contributed by atoms with Gasteiger partial charge in [-0.05, 0) is 75.3 Å². The van der Waals surface area contributed by atoms with Crippen LogP contribution in [0.15, 0.2) is 42.5 Å². The summed E-state index contributed by atoms with van der Waals surface area (Å²) in [7, 11) is 0. The van der Waals surface area contributed by atoms with Crippen molar-refractivity contribution in [2.24, 2.45) is 5.92 Å². The molecule has 0 radical (unpaired) electrons. The van der Waals surface area contributed by atoms with Crippen LogP contribution >= 0.6 is 0 Å². The Morgan fingerprint density at radius 3 is 2.44 bits per heavy atom. The fraction of sp³-hybridized carbons (Fsp3) is 0.517. The second-order valence-electron chi connectivity index (χ2n) is 10.1. The van der Waals surface area contributed by atoms with E-state index in [2.05, 4.69) is 53.5 Å². The van der Waals surface area contributed by atoms with Crippen molar-refractivity contribution in [2.45, 2.75) is 84.4 Å². The van der Waals surface area contributed by atoms with Gasteiger partial charge >= 0.3 is 0 Å². The predicted molar refractivity (Wildman–Crippen MR) is 135 cm³/mol. The van der Waals surface area contributed by atoms with Gasteiger partial charge in [0.2, 0.25) is 5.91 Å². The molecular formula is C29H38N2O3. The van der Waals surface area contributed by atoms with Crippen LogP contribution < -0.4 is 10.1 Å². The average Bonchev–Trinajstić information content (AvgIpc) is 3.36. The summed E-state index contributed by atoms with van der Waals surface area (Å²) in [5.74, 6) is 1.00. The minimum atomic E-state index is -0.543. The SMILES string of the molecule is CC[C@H](Oc1ccc2c(c1)[C@@H](c1ccc(C)cc1)N(C(=O)C1CCCC1)CC2)C(=O)NC(C)C. The van der Waals surface area contributed by atoms with Gasteiger partial charge in [-0.2, -0.15) is 0 Å². The summed E-state index contributed by atoms with van der Waals surface area (Å²) < 4.78 is 6.18. The highest BCUT2D eigenvalue weighted by Gasteiger charge is 2.36. The summed E-state index contributed by atoms with van der Waals surface area (Å²) in [5.41, 5.74) is 4.68. The lowest BCUT2D eigenvalue weighted by Crippen LogP contribution is -2.43. The van der Waals surface area contributed by atoms with E-state index in [1.54, 1.807) is 0 Å². The summed E-state index contributed by atoms with van der Waals surface area (Å²) >= 11 is 0. The van der Waals surface area contributed by atoms with Gasteiger partial charge in [0.25, 0.3) is 5.91 Å². The zero-order valence-electron chi connectivity index (χ0n) is 21.0. The fourth-order valence-corrected chi connectivity index (χ4v) is 5.28. The maximum absolute atomic E-state index is 13.6. The molecule has 2 aromatic carbocycles. The van der Waals surface area contributed by atoms with Crippen LogP contribution in [0.5, 0.6) is 5.75 Å². The van der Waals surface area contributed by atoms with Gasteiger partial charge < -0.3 is 15.0 Å². The van der Waals surface area contributed by atoms with Crippen LogP contribution in [0.4, 0.5) is 0 Å². The van der Waals surface area contributed by atoms with Crippen molar-refractivity contribution in [1.29, 1.82) is 0 Å². The number of hydrogen-bond donors (Lipinski definition) is 1. The maximum Gasteiger partial charge on any atom is 0.261 e. The summed E-state index contributed by atoms with van der Waals surface area (Å²) in [5, 5.41) is 2.95.